The van der Waals surface area contributed by atoms with Gasteiger partial charge >= 0.3 is 0 Å². The van der Waals surface area contributed by atoms with Crippen LogP contribution >= 0.6 is 0 Å². The fourth-order valence-corrected chi connectivity index (χ4v) is 4.20. The van der Waals surface area contributed by atoms with Crippen molar-refractivity contribution < 1.29 is 22.7 Å². The summed E-state index contributed by atoms with van der Waals surface area (Å²) >= 11 is 0. The van der Waals surface area contributed by atoms with E-state index in [2.05, 4.69) is 10.0 Å². The molecule has 0 saturated carbocycles. The SMILES string of the molecule is COc1ccc(NS(=O)(=O)c2cc(NC(=O)c3ccc(N(C)C)cc3)ccc2OC)cc1. The number of sulfonamides is 1. The Bertz CT molecular complexity index is 1190. The van der Waals surface area contributed by atoms with Crippen molar-refractivity contribution in [3.05, 3.63) is 72.3 Å². The molecule has 1 amide bonds. The highest BCUT2D eigenvalue weighted by Crippen LogP contribution is 2.29. The molecule has 0 aromatic heterocycles. The Labute approximate surface area is 187 Å². The smallest absolute Gasteiger partial charge is 0.265 e. The van der Waals surface area contributed by atoms with E-state index in [9.17, 15) is 13.2 Å². The first-order chi connectivity index (χ1) is 15.2. The lowest BCUT2D eigenvalue weighted by Crippen LogP contribution is -2.16. The van der Waals surface area contributed by atoms with Crippen LogP contribution in [0, 0.1) is 0 Å². The van der Waals surface area contributed by atoms with Crippen molar-refractivity contribution in [3.63, 3.8) is 0 Å². The van der Waals surface area contributed by atoms with Crippen molar-refractivity contribution in [2.24, 2.45) is 0 Å². The van der Waals surface area contributed by atoms with Gasteiger partial charge in [0.2, 0.25) is 0 Å². The number of rotatable bonds is 8. The fourth-order valence-electron chi connectivity index (χ4n) is 2.95. The number of benzene rings is 3. The molecule has 0 aliphatic heterocycles. The Morgan fingerprint density at radius 3 is 2.03 bits per heavy atom. The van der Waals surface area contributed by atoms with Crippen LogP contribution in [-0.4, -0.2) is 42.6 Å². The maximum absolute atomic E-state index is 13.0. The zero-order chi connectivity index (χ0) is 23.3. The van der Waals surface area contributed by atoms with Gasteiger partial charge in [0.25, 0.3) is 15.9 Å². The van der Waals surface area contributed by atoms with E-state index in [0.29, 0.717) is 22.7 Å². The zero-order valence-electron chi connectivity index (χ0n) is 18.2. The Hall–Kier alpha value is -3.72. The summed E-state index contributed by atoms with van der Waals surface area (Å²) in [5, 5.41) is 2.73. The van der Waals surface area contributed by atoms with Crippen LogP contribution in [0.1, 0.15) is 10.4 Å². The molecule has 9 heteroatoms. The third-order valence-corrected chi connectivity index (χ3v) is 6.10. The Kier molecular flexibility index (Phi) is 6.89. The van der Waals surface area contributed by atoms with Gasteiger partial charge in [0.1, 0.15) is 16.4 Å². The van der Waals surface area contributed by atoms with Crippen LogP contribution in [0.25, 0.3) is 0 Å². The summed E-state index contributed by atoms with van der Waals surface area (Å²) in [6.45, 7) is 0. The lowest BCUT2D eigenvalue weighted by molar-refractivity contribution is 0.102. The molecule has 0 fully saturated rings. The molecule has 3 aromatic rings. The molecule has 0 aliphatic carbocycles. The molecule has 168 valence electrons. The van der Waals surface area contributed by atoms with Crippen LogP contribution in [0.2, 0.25) is 0 Å². The molecular formula is C23H25N3O5S. The number of nitrogens with one attached hydrogen (secondary N) is 2. The molecule has 0 bridgehead atoms. The van der Waals surface area contributed by atoms with E-state index in [0.717, 1.165) is 5.69 Å². The van der Waals surface area contributed by atoms with Crippen molar-refractivity contribution in [1.29, 1.82) is 0 Å². The van der Waals surface area contributed by atoms with Crippen LogP contribution < -0.4 is 24.4 Å². The first-order valence-corrected chi connectivity index (χ1v) is 11.2. The number of hydrogen-bond acceptors (Lipinski definition) is 6. The summed E-state index contributed by atoms with van der Waals surface area (Å²) in [6, 6.07) is 18.0. The Balaban J connectivity index is 1.84. The number of hydrogen-bond donors (Lipinski definition) is 2. The monoisotopic (exact) mass is 455 g/mol. The predicted molar refractivity (Wildman–Crippen MR) is 126 cm³/mol. The summed E-state index contributed by atoms with van der Waals surface area (Å²) in [4.78, 5) is 14.5. The van der Waals surface area contributed by atoms with Gasteiger partial charge in [-0.1, -0.05) is 0 Å². The van der Waals surface area contributed by atoms with Crippen molar-refractivity contribution in [2.45, 2.75) is 4.90 Å². The molecule has 2 N–H and O–H groups in total. The van der Waals surface area contributed by atoms with Crippen molar-refractivity contribution in [1.82, 2.24) is 0 Å². The first kappa shape index (κ1) is 23.0. The lowest BCUT2D eigenvalue weighted by atomic mass is 10.2. The quantitative estimate of drug-likeness (QED) is 0.536. The maximum atomic E-state index is 13.0. The van der Waals surface area contributed by atoms with Gasteiger partial charge in [-0.2, -0.15) is 0 Å². The minimum absolute atomic E-state index is 0.100. The van der Waals surface area contributed by atoms with Crippen LogP contribution in [0.4, 0.5) is 17.1 Å². The second-order valence-electron chi connectivity index (χ2n) is 7.10. The average molecular weight is 456 g/mol. The molecule has 3 rings (SSSR count). The van der Waals surface area contributed by atoms with E-state index in [4.69, 9.17) is 9.47 Å². The largest absolute Gasteiger partial charge is 0.497 e. The van der Waals surface area contributed by atoms with Crippen LogP contribution in [0.15, 0.2) is 71.6 Å². The number of carbonyl (C=O) groups is 1. The molecule has 32 heavy (non-hydrogen) atoms. The number of nitrogens with zero attached hydrogens (tertiary/aromatic N) is 1. The number of ether oxygens (including phenoxy) is 2. The van der Waals surface area contributed by atoms with Crippen molar-refractivity contribution >= 4 is 33.0 Å². The van der Waals surface area contributed by atoms with Gasteiger partial charge in [0.05, 0.1) is 14.2 Å². The van der Waals surface area contributed by atoms with Crippen molar-refractivity contribution in [3.8, 4) is 11.5 Å². The van der Waals surface area contributed by atoms with E-state index in [1.165, 1.54) is 26.4 Å². The number of anilines is 3. The van der Waals surface area contributed by atoms with E-state index in [1.54, 1.807) is 42.5 Å². The molecule has 0 spiro atoms. The van der Waals surface area contributed by atoms with E-state index >= 15 is 0 Å². The molecular weight excluding hydrogens is 430 g/mol. The van der Waals surface area contributed by atoms with Gasteiger partial charge in [-0.3, -0.25) is 9.52 Å². The van der Waals surface area contributed by atoms with Gasteiger partial charge in [0, 0.05) is 36.7 Å². The highest BCUT2D eigenvalue weighted by atomic mass is 32.2. The molecule has 0 atom stereocenters. The second-order valence-corrected chi connectivity index (χ2v) is 8.75. The third-order valence-electron chi connectivity index (χ3n) is 4.70. The fraction of sp³-hybridized carbons (Fsp3) is 0.174. The normalized spacial score (nSPS) is 10.9. The van der Waals surface area contributed by atoms with E-state index in [1.807, 2.05) is 31.1 Å². The highest BCUT2D eigenvalue weighted by molar-refractivity contribution is 7.92. The number of methoxy groups -OCH3 is 2. The molecule has 0 aliphatic rings. The Morgan fingerprint density at radius 2 is 1.47 bits per heavy atom. The lowest BCUT2D eigenvalue weighted by Gasteiger charge is -2.15. The topological polar surface area (TPSA) is 97.0 Å². The molecule has 3 aromatic carbocycles. The molecule has 0 saturated heterocycles. The first-order valence-electron chi connectivity index (χ1n) is 9.67. The minimum atomic E-state index is -3.99. The van der Waals surface area contributed by atoms with Crippen molar-refractivity contribution in [2.75, 3.05) is 43.3 Å². The summed E-state index contributed by atoms with van der Waals surface area (Å²) < 4.78 is 38.8. The standard InChI is InChI=1S/C23H25N3O5S/c1-26(2)19-10-5-16(6-11-19)23(27)24-18-9-14-21(31-4)22(15-18)32(28,29)25-17-7-12-20(30-3)13-8-17/h5-15,25H,1-4H3,(H,24,27). The average Bonchev–Trinajstić information content (AvgIpc) is 2.79. The van der Waals surface area contributed by atoms with Crippen LogP contribution in [0.3, 0.4) is 0 Å². The number of amides is 1. The summed E-state index contributed by atoms with van der Waals surface area (Å²) in [5.74, 6) is 0.403. The van der Waals surface area contributed by atoms with E-state index in [-0.39, 0.29) is 16.6 Å². The minimum Gasteiger partial charge on any atom is -0.497 e. The third kappa shape index (κ3) is 5.30. The highest BCUT2D eigenvalue weighted by Gasteiger charge is 2.21. The zero-order valence-corrected chi connectivity index (χ0v) is 19.1. The molecule has 0 heterocycles. The molecule has 0 radical (unpaired) electrons. The van der Waals surface area contributed by atoms with Gasteiger partial charge in [-0.25, -0.2) is 8.42 Å². The molecule has 0 unspecified atom stereocenters. The van der Waals surface area contributed by atoms with Crippen LogP contribution in [-0.2, 0) is 10.0 Å². The summed E-state index contributed by atoms with van der Waals surface area (Å²) in [5.41, 5.74) is 2.10. The molecule has 8 nitrogen and oxygen atoms in total. The second kappa shape index (κ2) is 9.61. The number of carbonyl (C=O) groups excluding carboxylic acids is 1. The van der Waals surface area contributed by atoms with Crippen LogP contribution in [0.5, 0.6) is 11.5 Å². The Morgan fingerprint density at radius 1 is 0.844 bits per heavy atom. The van der Waals surface area contributed by atoms with Gasteiger partial charge in [0.15, 0.2) is 0 Å². The summed E-state index contributed by atoms with van der Waals surface area (Å²) in [6.07, 6.45) is 0. The van der Waals surface area contributed by atoms with Gasteiger partial charge in [-0.05, 0) is 66.7 Å². The predicted octanol–water partition coefficient (Wildman–Crippen LogP) is 3.82. The van der Waals surface area contributed by atoms with Gasteiger partial charge in [-0.15, -0.1) is 0 Å². The van der Waals surface area contributed by atoms with Gasteiger partial charge < -0.3 is 19.7 Å². The summed E-state index contributed by atoms with van der Waals surface area (Å²) in [7, 11) is 2.75. The maximum Gasteiger partial charge on any atom is 0.265 e. The van der Waals surface area contributed by atoms with E-state index < -0.39 is 10.0 Å².